The van der Waals surface area contributed by atoms with Crippen molar-refractivity contribution in [2.45, 2.75) is 50.0 Å². The molecular weight excluding hydrogens is 396 g/mol. The van der Waals surface area contributed by atoms with Gasteiger partial charge in [-0.1, -0.05) is 29.8 Å². The summed E-state index contributed by atoms with van der Waals surface area (Å²) in [4.78, 5) is 12.4. The van der Waals surface area contributed by atoms with Gasteiger partial charge in [-0.2, -0.15) is 0 Å². The molecule has 28 heavy (non-hydrogen) atoms. The molecule has 1 amide bonds. The van der Waals surface area contributed by atoms with Crippen LogP contribution < -0.4 is 10.0 Å². The number of sulfonamides is 1. The molecular formula is C21H25ClN2O3S. The zero-order valence-electron chi connectivity index (χ0n) is 15.9. The van der Waals surface area contributed by atoms with E-state index >= 15 is 0 Å². The van der Waals surface area contributed by atoms with E-state index in [0.717, 1.165) is 36.8 Å². The molecule has 150 valence electrons. The number of hydrogen-bond acceptors (Lipinski definition) is 3. The Hall–Kier alpha value is -1.89. The van der Waals surface area contributed by atoms with E-state index in [-0.39, 0.29) is 29.8 Å². The van der Waals surface area contributed by atoms with Gasteiger partial charge < -0.3 is 5.32 Å². The fourth-order valence-electron chi connectivity index (χ4n) is 3.41. The van der Waals surface area contributed by atoms with Crippen molar-refractivity contribution in [2.75, 3.05) is 6.54 Å². The Morgan fingerprint density at radius 1 is 1.07 bits per heavy atom. The lowest BCUT2D eigenvalue weighted by atomic mass is 9.92. The maximum absolute atomic E-state index is 12.5. The van der Waals surface area contributed by atoms with E-state index in [1.807, 2.05) is 25.1 Å². The summed E-state index contributed by atoms with van der Waals surface area (Å²) in [6.07, 6.45) is 4.25. The van der Waals surface area contributed by atoms with E-state index in [1.165, 1.54) is 5.56 Å². The molecule has 2 aromatic rings. The van der Waals surface area contributed by atoms with Gasteiger partial charge in [-0.15, -0.1) is 0 Å². The number of carbonyl (C=O) groups is 1. The van der Waals surface area contributed by atoms with Crippen LogP contribution in [0.5, 0.6) is 0 Å². The topological polar surface area (TPSA) is 75.3 Å². The second-order valence-corrected chi connectivity index (χ2v) is 9.33. The molecule has 0 heterocycles. The highest BCUT2D eigenvalue weighted by molar-refractivity contribution is 7.89. The standard InChI is InChI=1S/C21H25ClN2O3S/c1-15(16-6-9-19(22)10-7-16)24-21(25)12-13-23-28(26,27)20-11-8-17-4-2-3-5-18(17)14-20/h6-11,14-15,23H,2-5,12-13H2,1H3,(H,24,25). The van der Waals surface area contributed by atoms with Gasteiger partial charge in [0.1, 0.15) is 0 Å². The van der Waals surface area contributed by atoms with Gasteiger partial charge in [0.2, 0.25) is 15.9 Å². The van der Waals surface area contributed by atoms with Crippen LogP contribution in [0.1, 0.15) is 48.9 Å². The minimum atomic E-state index is -3.62. The van der Waals surface area contributed by atoms with Gasteiger partial charge in [-0.05, 0) is 73.6 Å². The Morgan fingerprint density at radius 2 is 1.75 bits per heavy atom. The first kappa shape index (κ1) is 20.8. The lowest BCUT2D eigenvalue weighted by Gasteiger charge is -2.17. The first-order valence-electron chi connectivity index (χ1n) is 9.51. The Bertz CT molecular complexity index is 943. The Balaban J connectivity index is 1.52. The van der Waals surface area contributed by atoms with E-state index in [1.54, 1.807) is 24.3 Å². The quantitative estimate of drug-likeness (QED) is 0.716. The number of carbonyl (C=O) groups excluding carboxylic acids is 1. The van der Waals surface area contributed by atoms with Crippen molar-refractivity contribution in [3.05, 3.63) is 64.2 Å². The van der Waals surface area contributed by atoms with Crippen LogP contribution in [-0.2, 0) is 27.7 Å². The molecule has 1 aliphatic carbocycles. The summed E-state index contributed by atoms with van der Waals surface area (Å²) >= 11 is 5.87. The maximum atomic E-state index is 12.5. The number of rotatable bonds is 7. The summed E-state index contributed by atoms with van der Waals surface area (Å²) < 4.78 is 27.6. The molecule has 0 saturated heterocycles. The SMILES string of the molecule is CC(NC(=O)CCNS(=O)(=O)c1ccc2c(c1)CCCC2)c1ccc(Cl)cc1. The summed E-state index contributed by atoms with van der Waals surface area (Å²) in [5.41, 5.74) is 3.29. The molecule has 0 saturated carbocycles. The van der Waals surface area contributed by atoms with Crippen molar-refractivity contribution in [3.8, 4) is 0 Å². The largest absolute Gasteiger partial charge is 0.350 e. The van der Waals surface area contributed by atoms with Crippen LogP contribution in [0.4, 0.5) is 0 Å². The third-order valence-electron chi connectivity index (χ3n) is 5.02. The summed E-state index contributed by atoms with van der Waals surface area (Å²) in [5, 5.41) is 3.50. The molecule has 2 N–H and O–H groups in total. The maximum Gasteiger partial charge on any atom is 0.240 e. The van der Waals surface area contributed by atoms with Gasteiger partial charge in [0.25, 0.3) is 0 Å². The van der Waals surface area contributed by atoms with Crippen molar-refractivity contribution in [1.82, 2.24) is 10.0 Å². The fourth-order valence-corrected chi connectivity index (χ4v) is 4.62. The first-order chi connectivity index (χ1) is 13.3. The van der Waals surface area contributed by atoms with Crippen molar-refractivity contribution in [1.29, 1.82) is 0 Å². The fraction of sp³-hybridized carbons (Fsp3) is 0.381. The van der Waals surface area contributed by atoms with Crippen LogP contribution in [0.15, 0.2) is 47.4 Å². The van der Waals surface area contributed by atoms with Crippen molar-refractivity contribution >= 4 is 27.5 Å². The monoisotopic (exact) mass is 420 g/mol. The second kappa shape index (κ2) is 9.07. The first-order valence-corrected chi connectivity index (χ1v) is 11.4. The van der Waals surface area contributed by atoms with E-state index in [9.17, 15) is 13.2 Å². The van der Waals surface area contributed by atoms with Gasteiger partial charge in [0.15, 0.2) is 0 Å². The van der Waals surface area contributed by atoms with E-state index in [0.29, 0.717) is 5.02 Å². The molecule has 0 aliphatic heterocycles. The summed E-state index contributed by atoms with van der Waals surface area (Å²) in [6, 6.07) is 12.4. The van der Waals surface area contributed by atoms with Gasteiger partial charge in [0.05, 0.1) is 10.9 Å². The van der Waals surface area contributed by atoms with Gasteiger partial charge >= 0.3 is 0 Å². The van der Waals surface area contributed by atoms with Crippen LogP contribution >= 0.6 is 11.6 Å². The molecule has 7 heteroatoms. The number of fused-ring (bicyclic) bond motifs is 1. The third kappa shape index (κ3) is 5.34. The molecule has 1 atom stereocenters. The zero-order chi connectivity index (χ0) is 20.1. The number of hydrogen-bond donors (Lipinski definition) is 2. The highest BCUT2D eigenvalue weighted by atomic mass is 35.5. The summed E-state index contributed by atoms with van der Waals surface area (Å²) in [7, 11) is -3.62. The number of aryl methyl sites for hydroxylation is 2. The van der Waals surface area contributed by atoms with E-state index < -0.39 is 10.0 Å². The highest BCUT2D eigenvalue weighted by Crippen LogP contribution is 2.24. The number of halogens is 1. The van der Waals surface area contributed by atoms with Crippen LogP contribution in [0, 0.1) is 0 Å². The van der Waals surface area contributed by atoms with Crippen LogP contribution in [-0.4, -0.2) is 20.9 Å². The summed E-state index contributed by atoms with van der Waals surface area (Å²) in [5.74, 6) is -0.212. The average Bonchev–Trinajstić information content (AvgIpc) is 2.68. The Morgan fingerprint density at radius 3 is 2.46 bits per heavy atom. The van der Waals surface area contributed by atoms with Crippen molar-refractivity contribution in [2.24, 2.45) is 0 Å². The molecule has 1 aliphatic rings. The second-order valence-electron chi connectivity index (χ2n) is 7.13. The van der Waals surface area contributed by atoms with Gasteiger partial charge in [0, 0.05) is 18.0 Å². The predicted octanol–water partition coefficient (Wildman–Crippen LogP) is 3.76. The predicted molar refractivity (Wildman–Crippen MR) is 111 cm³/mol. The lowest BCUT2D eigenvalue weighted by molar-refractivity contribution is -0.121. The number of nitrogens with one attached hydrogen (secondary N) is 2. The van der Waals surface area contributed by atoms with Gasteiger partial charge in [-0.25, -0.2) is 13.1 Å². The van der Waals surface area contributed by atoms with Crippen LogP contribution in [0.2, 0.25) is 5.02 Å². The van der Waals surface area contributed by atoms with E-state index in [2.05, 4.69) is 10.0 Å². The van der Waals surface area contributed by atoms with E-state index in [4.69, 9.17) is 11.6 Å². The molecule has 0 spiro atoms. The summed E-state index contributed by atoms with van der Waals surface area (Å²) in [6.45, 7) is 1.93. The molecule has 5 nitrogen and oxygen atoms in total. The molecule has 0 fully saturated rings. The van der Waals surface area contributed by atoms with Gasteiger partial charge in [-0.3, -0.25) is 4.79 Å². The number of amides is 1. The Labute approximate surface area is 171 Å². The minimum absolute atomic E-state index is 0.0542. The molecule has 1 unspecified atom stereocenters. The van der Waals surface area contributed by atoms with Crippen LogP contribution in [0.3, 0.4) is 0 Å². The molecule has 0 aromatic heterocycles. The third-order valence-corrected chi connectivity index (χ3v) is 6.73. The molecule has 2 aromatic carbocycles. The zero-order valence-corrected chi connectivity index (χ0v) is 17.4. The van der Waals surface area contributed by atoms with Crippen molar-refractivity contribution in [3.63, 3.8) is 0 Å². The highest BCUT2D eigenvalue weighted by Gasteiger charge is 2.18. The average molecular weight is 421 g/mol. The molecule has 0 bridgehead atoms. The molecule has 3 rings (SSSR count). The minimum Gasteiger partial charge on any atom is -0.350 e. The smallest absolute Gasteiger partial charge is 0.240 e. The molecule has 0 radical (unpaired) electrons. The number of benzene rings is 2. The Kier molecular flexibility index (Phi) is 6.75. The van der Waals surface area contributed by atoms with Crippen molar-refractivity contribution < 1.29 is 13.2 Å². The normalized spacial score (nSPS) is 14.9. The lowest BCUT2D eigenvalue weighted by Crippen LogP contribution is -2.32. The van der Waals surface area contributed by atoms with Crippen LogP contribution in [0.25, 0.3) is 0 Å².